The second-order valence-corrected chi connectivity index (χ2v) is 5.55. The average molecular weight is 370 g/mol. The van der Waals surface area contributed by atoms with E-state index in [-0.39, 0.29) is 11.6 Å². The number of halogens is 2. The third kappa shape index (κ3) is 3.40. The van der Waals surface area contributed by atoms with Gasteiger partial charge < -0.3 is 4.90 Å². The normalized spacial score (nSPS) is 10.2. The average Bonchev–Trinajstić information content (AvgIpc) is 2.46. The van der Waals surface area contributed by atoms with Gasteiger partial charge in [0.05, 0.1) is 10.5 Å². The second kappa shape index (κ2) is 6.24. The fourth-order valence-corrected chi connectivity index (χ4v) is 2.61. The van der Waals surface area contributed by atoms with Gasteiger partial charge in [-0.3, -0.25) is 14.9 Å². The van der Waals surface area contributed by atoms with Gasteiger partial charge in [0.2, 0.25) is 0 Å². The quantitative estimate of drug-likeness (QED) is 0.599. The number of carbonyl (C=O) groups excluding carboxylic acids is 1. The summed E-state index contributed by atoms with van der Waals surface area (Å²) in [4.78, 5) is 24.0. The summed E-state index contributed by atoms with van der Waals surface area (Å²) in [5.41, 5.74) is 1.000. The predicted molar refractivity (Wildman–Crippen MR) is 85.0 cm³/mol. The molecule has 5 nitrogen and oxygen atoms in total. The van der Waals surface area contributed by atoms with Crippen LogP contribution in [0.2, 0.25) is 5.02 Å². The summed E-state index contributed by atoms with van der Waals surface area (Å²) >= 11 is 9.14. The van der Waals surface area contributed by atoms with Crippen LogP contribution in [0.5, 0.6) is 0 Å². The van der Waals surface area contributed by atoms with Crippen LogP contribution in [0.25, 0.3) is 0 Å². The second-order valence-electron chi connectivity index (χ2n) is 4.26. The molecule has 0 aromatic heterocycles. The van der Waals surface area contributed by atoms with Gasteiger partial charge in [-0.15, -0.1) is 0 Å². The fraction of sp³-hybridized carbons (Fsp3) is 0.0714. The molecule has 0 aliphatic carbocycles. The van der Waals surface area contributed by atoms with Crippen LogP contribution in [0.3, 0.4) is 0 Å². The maximum Gasteiger partial charge on any atom is 0.269 e. The Morgan fingerprint density at radius 1 is 1.24 bits per heavy atom. The number of nitrogens with zero attached hydrogens (tertiary/aromatic N) is 2. The van der Waals surface area contributed by atoms with Crippen molar-refractivity contribution in [3.63, 3.8) is 0 Å². The summed E-state index contributed by atoms with van der Waals surface area (Å²) in [5.74, 6) is -0.243. The molecule has 2 aromatic carbocycles. The van der Waals surface area contributed by atoms with Gasteiger partial charge >= 0.3 is 0 Å². The molecule has 7 heteroatoms. The predicted octanol–water partition coefficient (Wildman–Crippen LogP) is 4.29. The molecule has 1 amide bonds. The highest BCUT2D eigenvalue weighted by Gasteiger charge is 2.17. The van der Waals surface area contributed by atoms with Gasteiger partial charge in [0.1, 0.15) is 0 Å². The van der Waals surface area contributed by atoms with Gasteiger partial charge in [0.25, 0.3) is 11.6 Å². The summed E-state index contributed by atoms with van der Waals surface area (Å²) in [7, 11) is 1.60. The lowest BCUT2D eigenvalue weighted by molar-refractivity contribution is -0.384. The van der Waals surface area contributed by atoms with Crippen molar-refractivity contribution in [3.05, 3.63) is 67.6 Å². The minimum absolute atomic E-state index is 0.0210. The van der Waals surface area contributed by atoms with Crippen molar-refractivity contribution in [2.75, 3.05) is 11.9 Å². The number of nitro benzene ring substituents is 1. The van der Waals surface area contributed by atoms with Crippen LogP contribution in [0, 0.1) is 10.1 Å². The SMILES string of the molecule is CN(C(=O)c1ccc(Cl)cc1Br)c1ccc([N+](=O)[O-])cc1. The first-order valence-corrected chi connectivity index (χ1v) is 7.05. The Morgan fingerprint density at radius 3 is 2.38 bits per heavy atom. The number of nitro groups is 1. The molecule has 0 fully saturated rings. The topological polar surface area (TPSA) is 63.5 Å². The van der Waals surface area contributed by atoms with E-state index in [1.54, 1.807) is 25.2 Å². The molecule has 0 aliphatic heterocycles. The highest BCUT2D eigenvalue weighted by molar-refractivity contribution is 9.10. The van der Waals surface area contributed by atoms with Crippen LogP contribution in [-0.2, 0) is 0 Å². The van der Waals surface area contributed by atoms with E-state index in [2.05, 4.69) is 15.9 Å². The maximum absolute atomic E-state index is 12.4. The minimum atomic E-state index is -0.485. The highest BCUT2D eigenvalue weighted by Crippen LogP contribution is 2.25. The third-order valence-electron chi connectivity index (χ3n) is 2.91. The number of hydrogen-bond acceptors (Lipinski definition) is 3. The molecule has 0 unspecified atom stereocenters. The van der Waals surface area contributed by atoms with Crippen molar-refractivity contribution < 1.29 is 9.72 Å². The molecule has 0 radical (unpaired) electrons. The first kappa shape index (κ1) is 15.5. The van der Waals surface area contributed by atoms with Crippen LogP contribution in [0.1, 0.15) is 10.4 Å². The molecule has 0 saturated carbocycles. The van der Waals surface area contributed by atoms with Crippen molar-refractivity contribution in [1.29, 1.82) is 0 Å². The molecule has 0 atom stereocenters. The zero-order valence-corrected chi connectivity index (χ0v) is 13.3. The zero-order valence-electron chi connectivity index (χ0n) is 10.9. The molecule has 0 spiro atoms. The summed E-state index contributed by atoms with van der Waals surface area (Å²) in [6.45, 7) is 0. The number of amides is 1. The molecule has 108 valence electrons. The van der Waals surface area contributed by atoms with Crippen molar-refractivity contribution in [2.24, 2.45) is 0 Å². The molecule has 2 aromatic rings. The lowest BCUT2D eigenvalue weighted by Crippen LogP contribution is -2.26. The van der Waals surface area contributed by atoms with Gasteiger partial charge in [-0.05, 0) is 46.3 Å². The van der Waals surface area contributed by atoms with E-state index in [1.165, 1.54) is 29.2 Å². The number of benzene rings is 2. The van der Waals surface area contributed by atoms with E-state index in [0.29, 0.717) is 20.7 Å². The van der Waals surface area contributed by atoms with Crippen LogP contribution in [-0.4, -0.2) is 17.9 Å². The van der Waals surface area contributed by atoms with Gasteiger partial charge in [-0.1, -0.05) is 11.6 Å². The van der Waals surface area contributed by atoms with Gasteiger partial charge in [-0.2, -0.15) is 0 Å². The van der Waals surface area contributed by atoms with E-state index >= 15 is 0 Å². The summed E-state index contributed by atoms with van der Waals surface area (Å²) in [6, 6.07) is 10.7. The minimum Gasteiger partial charge on any atom is -0.311 e. The smallest absolute Gasteiger partial charge is 0.269 e. The van der Waals surface area contributed by atoms with Crippen molar-refractivity contribution in [1.82, 2.24) is 0 Å². The molecule has 0 saturated heterocycles. The van der Waals surface area contributed by atoms with Crippen LogP contribution in [0.4, 0.5) is 11.4 Å². The van der Waals surface area contributed by atoms with Crippen molar-refractivity contribution >= 4 is 44.8 Å². The van der Waals surface area contributed by atoms with E-state index in [4.69, 9.17) is 11.6 Å². The van der Waals surface area contributed by atoms with Gasteiger partial charge in [0, 0.05) is 34.4 Å². The van der Waals surface area contributed by atoms with Gasteiger partial charge in [0.15, 0.2) is 0 Å². The first-order valence-electron chi connectivity index (χ1n) is 5.87. The van der Waals surface area contributed by atoms with Crippen molar-refractivity contribution in [3.8, 4) is 0 Å². The van der Waals surface area contributed by atoms with E-state index in [9.17, 15) is 14.9 Å². The van der Waals surface area contributed by atoms with Crippen LogP contribution < -0.4 is 4.90 Å². The molecule has 0 aliphatic rings. The number of anilines is 1. The summed E-state index contributed by atoms with van der Waals surface area (Å²) in [5, 5.41) is 11.1. The van der Waals surface area contributed by atoms with Crippen LogP contribution in [0.15, 0.2) is 46.9 Å². The number of carbonyl (C=O) groups is 1. The zero-order chi connectivity index (χ0) is 15.6. The Hall–Kier alpha value is -1.92. The standard InChI is InChI=1S/C14H10BrClN2O3/c1-17(10-3-5-11(6-4-10)18(20)21)14(19)12-7-2-9(16)8-13(12)15/h2-8H,1H3. The van der Waals surface area contributed by atoms with E-state index in [1.807, 2.05) is 0 Å². The number of hydrogen-bond donors (Lipinski definition) is 0. The Balaban J connectivity index is 2.28. The number of non-ortho nitro benzene ring substituents is 1. The molecular weight excluding hydrogens is 360 g/mol. The van der Waals surface area contributed by atoms with Crippen LogP contribution >= 0.6 is 27.5 Å². The fourth-order valence-electron chi connectivity index (χ4n) is 1.76. The maximum atomic E-state index is 12.4. The Morgan fingerprint density at radius 2 is 1.86 bits per heavy atom. The monoisotopic (exact) mass is 368 g/mol. The molecule has 2 rings (SSSR count). The Kier molecular flexibility index (Phi) is 4.59. The first-order chi connectivity index (χ1) is 9.90. The molecule has 0 bridgehead atoms. The molecule has 0 heterocycles. The Labute approximate surface area is 134 Å². The van der Waals surface area contributed by atoms with Crippen molar-refractivity contribution in [2.45, 2.75) is 0 Å². The lowest BCUT2D eigenvalue weighted by Gasteiger charge is -2.18. The number of rotatable bonds is 3. The molecular formula is C14H10BrClN2O3. The largest absolute Gasteiger partial charge is 0.311 e. The third-order valence-corrected chi connectivity index (χ3v) is 3.81. The lowest BCUT2D eigenvalue weighted by atomic mass is 10.2. The summed E-state index contributed by atoms with van der Waals surface area (Å²) < 4.78 is 0.591. The highest BCUT2D eigenvalue weighted by atomic mass is 79.9. The van der Waals surface area contributed by atoms with Gasteiger partial charge in [-0.25, -0.2) is 0 Å². The van der Waals surface area contributed by atoms with E-state index < -0.39 is 4.92 Å². The Bertz CT molecular complexity index is 704. The van der Waals surface area contributed by atoms with E-state index in [0.717, 1.165) is 0 Å². The molecule has 0 N–H and O–H groups in total. The summed E-state index contributed by atoms with van der Waals surface area (Å²) in [6.07, 6.45) is 0. The molecule has 21 heavy (non-hydrogen) atoms.